The highest BCUT2D eigenvalue weighted by Gasteiger charge is 2.63. The number of para-hydroxylation sites is 1. The quantitative estimate of drug-likeness (QED) is 0.576. The Labute approximate surface area is 181 Å². The van der Waals surface area contributed by atoms with Crippen molar-refractivity contribution in [2.75, 3.05) is 0 Å². The van der Waals surface area contributed by atoms with Crippen LogP contribution in [0.25, 0.3) is 0 Å². The van der Waals surface area contributed by atoms with Crippen LogP contribution in [0.4, 0.5) is 0 Å². The van der Waals surface area contributed by atoms with Gasteiger partial charge in [0.25, 0.3) is 0 Å². The van der Waals surface area contributed by atoms with Crippen LogP contribution in [0.3, 0.4) is 0 Å². The van der Waals surface area contributed by atoms with E-state index < -0.39 is 0 Å². The number of phenolic OH excluding ortho intramolecular Hbond substituents is 2. The lowest BCUT2D eigenvalue weighted by molar-refractivity contribution is -0.0925. The smallest absolute Gasteiger partial charge is 0.122 e. The molecular weight excluding hydrogens is 368 g/mol. The van der Waals surface area contributed by atoms with Gasteiger partial charge in [-0.05, 0) is 90.9 Å². The molecule has 4 aliphatic carbocycles. The minimum absolute atomic E-state index is 0.0783. The maximum Gasteiger partial charge on any atom is 0.122 e. The summed E-state index contributed by atoms with van der Waals surface area (Å²) >= 11 is 0. The van der Waals surface area contributed by atoms with Crippen LogP contribution in [-0.2, 0) is 23.7 Å². The Morgan fingerprint density at radius 1 is 0.833 bits per heavy atom. The summed E-state index contributed by atoms with van der Waals surface area (Å²) < 4.78 is 0. The second-order valence-corrected chi connectivity index (χ2v) is 10.8. The van der Waals surface area contributed by atoms with Gasteiger partial charge >= 0.3 is 0 Å². The molecule has 2 aromatic rings. The van der Waals surface area contributed by atoms with Crippen LogP contribution < -0.4 is 0 Å². The monoisotopic (exact) mass is 404 g/mol. The topological polar surface area (TPSA) is 40.5 Å². The van der Waals surface area contributed by atoms with Gasteiger partial charge in [-0.15, -0.1) is 0 Å². The molecule has 6 rings (SSSR count). The number of hydrogen-bond acceptors (Lipinski definition) is 2. The second kappa shape index (κ2) is 6.77. The first kappa shape index (κ1) is 20.0. The summed E-state index contributed by atoms with van der Waals surface area (Å²) in [5, 5.41) is 21.5. The average Bonchev–Trinajstić information content (AvgIpc) is 2.73. The fraction of sp³-hybridized carbons (Fsp3) is 0.571. The van der Waals surface area contributed by atoms with E-state index in [4.69, 9.17) is 0 Å². The molecule has 0 aliphatic heterocycles. The number of hydrogen-bond donors (Lipinski definition) is 2. The van der Waals surface area contributed by atoms with E-state index in [1.165, 1.54) is 49.7 Å². The molecule has 0 radical (unpaired) electrons. The van der Waals surface area contributed by atoms with Crippen molar-refractivity contribution in [2.24, 2.45) is 11.3 Å². The SMILES string of the molecule is CCc1cc(C23CC4CC(CC)(C2)CC(c2cccc(CC)c2O)(C4)C3)ccc1O. The Balaban J connectivity index is 1.67. The Hall–Kier alpha value is -1.96. The van der Waals surface area contributed by atoms with Crippen LogP contribution in [0.5, 0.6) is 11.5 Å². The molecule has 2 N–H and O–H groups in total. The van der Waals surface area contributed by atoms with Crippen molar-refractivity contribution in [1.29, 1.82) is 0 Å². The first-order valence-corrected chi connectivity index (χ1v) is 12.0. The van der Waals surface area contributed by atoms with Crippen molar-refractivity contribution < 1.29 is 10.2 Å². The predicted molar refractivity (Wildman–Crippen MR) is 122 cm³/mol. The van der Waals surface area contributed by atoms with Crippen molar-refractivity contribution in [3.63, 3.8) is 0 Å². The van der Waals surface area contributed by atoms with E-state index in [-0.39, 0.29) is 10.8 Å². The van der Waals surface area contributed by atoms with Crippen LogP contribution in [0, 0.1) is 11.3 Å². The summed E-state index contributed by atoms with van der Waals surface area (Å²) in [6.07, 6.45) is 10.4. The lowest BCUT2D eigenvalue weighted by atomic mass is 9.37. The number of rotatable bonds is 5. The van der Waals surface area contributed by atoms with Gasteiger partial charge in [-0.3, -0.25) is 0 Å². The molecule has 4 fully saturated rings. The molecule has 4 unspecified atom stereocenters. The average molecular weight is 405 g/mol. The van der Waals surface area contributed by atoms with Crippen molar-refractivity contribution >= 4 is 0 Å². The molecule has 4 bridgehead atoms. The van der Waals surface area contributed by atoms with Gasteiger partial charge in [0.05, 0.1) is 0 Å². The first-order chi connectivity index (χ1) is 14.4. The summed E-state index contributed by atoms with van der Waals surface area (Å²) in [5.74, 6) is 1.72. The molecule has 30 heavy (non-hydrogen) atoms. The van der Waals surface area contributed by atoms with E-state index in [9.17, 15) is 10.2 Å². The van der Waals surface area contributed by atoms with Crippen molar-refractivity contribution in [1.82, 2.24) is 0 Å². The predicted octanol–water partition coefficient (Wildman–Crippen LogP) is 6.79. The maximum atomic E-state index is 11.2. The summed E-state index contributed by atoms with van der Waals surface area (Å²) in [7, 11) is 0. The van der Waals surface area contributed by atoms with Gasteiger partial charge in [0.15, 0.2) is 0 Å². The van der Waals surface area contributed by atoms with E-state index in [2.05, 4.69) is 51.1 Å². The standard InChI is InChI=1S/C28H36O2/c1-4-20-8-7-9-23(25(20)30)28-15-19-13-26(6-3,17-28)16-27(14-19,18-28)22-10-11-24(29)21(5-2)12-22/h7-12,19,29-30H,4-6,13-18H2,1-3H3. The van der Waals surface area contributed by atoms with Gasteiger partial charge in [-0.1, -0.05) is 57.5 Å². The Morgan fingerprint density at radius 3 is 2.30 bits per heavy atom. The van der Waals surface area contributed by atoms with Crippen LogP contribution in [0.15, 0.2) is 36.4 Å². The zero-order valence-corrected chi connectivity index (χ0v) is 18.8. The normalized spacial score (nSPS) is 34.4. The summed E-state index contributed by atoms with van der Waals surface area (Å²) in [5.41, 5.74) is 5.41. The minimum atomic E-state index is 0.0783. The lowest BCUT2D eigenvalue weighted by Crippen LogP contribution is -2.60. The molecule has 2 heteroatoms. The van der Waals surface area contributed by atoms with Gasteiger partial charge in [0.1, 0.15) is 11.5 Å². The zero-order valence-electron chi connectivity index (χ0n) is 18.8. The van der Waals surface area contributed by atoms with Crippen LogP contribution in [0.1, 0.15) is 88.0 Å². The lowest BCUT2D eigenvalue weighted by Gasteiger charge is -2.67. The number of aryl methyl sites for hydroxylation is 2. The molecule has 4 atom stereocenters. The van der Waals surface area contributed by atoms with Crippen molar-refractivity contribution in [3.8, 4) is 11.5 Å². The third-order valence-corrected chi connectivity index (χ3v) is 9.08. The molecular formula is C28H36O2. The molecule has 0 saturated heterocycles. The highest BCUT2D eigenvalue weighted by molar-refractivity contribution is 5.49. The van der Waals surface area contributed by atoms with Gasteiger partial charge < -0.3 is 10.2 Å². The third-order valence-electron chi connectivity index (χ3n) is 9.08. The van der Waals surface area contributed by atoms with E-state index in [1.54, 1.807) is 0 Å². The van der Waals surface area contributed by atoms with Gasteiger partial charge in [0.2, 0.25) is 0 Å². The molecule has 4 saturated carbocycles. The molecule has 0 heterocycles. The van der Waals surface area contributed by atoms with E-state index in [0.29, 0.717) is 16.9 Å². The van der Waals surface area contributed by atoms with Crippen molar-refractivity contribution in [3.05, 3.63) is 58.7 Å². The molecule has 2 aromatic carbocycles. The second-order valence-electron chi connectivity index (χ2n) is 10.8. The summed E-state index contributed by atoms with van der Waals surface area (Å²) in [6.45, 7) is 6.64. The van der Waals surface area contributed by atoms with E-state index in [0.717, 1.165) is 36.3 Å². The first-order valence-electron chi connectivity index (χ1n) is 12.0. The fourth-order valence-corrected chi connectivity index (χ4v) is 8.16. The third kappa shape index (κ3) is 2.75. The molecule has 2 nitrogen and oxygen atoms in total. The van der Waals surface area contributed by atoms with Crippen LogP contribution >= 0.6 is 0 Å². The number of aromatic hydroxyl groups is 2. The fourth-order valence-electron chi connectivity index (χ4n) is 8.16. The van der Waals surface area contributed by atoms with E-state index in [1.807, 2.05) is 6.07 Å². The molecule has 0 amide bonds. The number of benzene rings is 2. The largest absolute Gasteiger partial charge is 0.508 e. The summed E-state index contributed by atoms with van der Waals surface area (Å²) in [6, 6.07) is 12.9. The van der Waals surface area contributed by atoms with E-state index >= 15 is 0 Å². The Kier molecular flexibility index (Phi) is 4.51. The minimum Gasteiger partial charge on any atom is -0.508 e. The van der Waals surface area contributed by atoms with Gasteiger partial charge in [0, 0.05) is 11.0 Å². The molecule has 0 aromatic heterocycles. The highest BCUT2D eigenvalue weighted by atomic mass is 16.3. The number of phenols is 2. The Bertz CT molecular complexity index is 979. The Morgan fingerprint density at radius 2 is 1.57 bits per heavy atom. The van der Waals surface area contributed by atoms with Crippen LogP contribution in [-0.4, -0.2) is 10.2 Å². The maximum absolute atomic E-state index is 11.2. The van der Waals surface area contributed by atoms with Crippen molar-refractivity contribution in [2.45, 2.75) is 89.4 Å². The zero-order chi connectivity index (χ0) is 21.1. The van der Waals surface area contributed by atoms with Crippen LogP contribution in [0.2, 0.25) is 0 Å². The highest BCUT2D eigenvalue weighted by Crippen LogP contribution is 2.72. The summed E-state index contributed by atoms with van der Waals surface area (Å²) in [4.78, 5) is 0. The molecule has 4 aliphatic rings. The molecule has 0 spiro atoms. The molecule has 160 valence electrons. The van der Waals surface area contributed by atoms with Gasteiger partial charge in [-0.2, -0.15) is 0 Å². The van der Waals surface area contributed by atoms with Gasteiger partial charge in [-0.25, -0.2) is 0 Å².